The Morgan fingerprint density at radius 1 is 1.07 bits per heavy atom. The number of fused-ring (bicyclic) bond motifs is 1. The van der Waals surface area contributed by atoms with Gasteiger partial charge in [-0.1, -0.05) is 24.3 Å². The number of pyridine rings is 1. The third kappa shape index (κ3) is 3.47. The van der Waals surface area contributed by atoms with Crippen LogP contribution in [0.1, 0.15) is 30.0 Å². The van der Waals surface area contributed by atoms with E-state index in [0.717, 1.165) is 17.1 Å². The van der Waals surface area contributed by atoms with E-state index >= 15 is 0 Å². The number of nitrogens with one attached hydrogen (secondary N) is 1. The normalized spacial score (nSPS) is 12.1. The highest BCUT2D eigenvalue weighted by atomic mass is 16.2. The van der Waals surface area contributed by atoms with Crippen LogP contribution >= 0.6 is 0 Å². The average molecular weight is 402 g/mol. The fourth-order valence-corrected chi connectivity index (χ4v) is 3.47. The van der Waals surface area contributed by atoms with E-state index in [0.29, 0.717) is 16.6 Å². The van der Waals surface area contributed by atoms with Gasteiger partial charge in [0, 0.05) is 6.20 Å². The minimum Gasteiger partial charge on any atom is -0.349 e. The topological polar surface area (TPSA) is 94.7 Å². The fourth-order valence-electron chi connectivity index (χ4n) is 3.47. The number of carbonyl (C=O) groups excluding carboxylic acids is 1. The highest BCUT2D eigenvalue weighted by Gasteiger charge is 2.23. The summed E-state index contributed by atoms with van der Waals surface area (Å²) in [6, 6.07) is 14.3. The number of hydrogen-bond donors (Lipinski definition) is 1. The summed E-state index contributed by atoms with van der Waals surface area (Å²) >= 11 is 0. The molecule has 0 aliphatic rings. The van der Waals surface area contributed by atoms with Gasteiger partial charge in [0.05, 0.1) is 34.7 Å². The molecule has 30 heavy (non-hydrogen) atoms. The van der Waals surface area contributed by atoms with E-state index in [4.69, 9.17) is 0 Å². The predicted octanol–water partition coefficient (Wildman–Crippen LogP) is 2.47. The van der Waals surface area contributed by atoms with Crippen LogP contribution in [0, 0.1) is 13.8 Å². The lowest BCUT2D eigenvalue weighted by Gasteiger charge is -2.14. The predicted molar refractivity (Wildman–Crippen MR) is 113 cm³/mol. The summed E-state index contributed by atoms with van der Waals surface area (Å²) < 4.78 is 2.93. The van der Waals surface area contributed by atoms with Crippen LogP contribution in [0.3, 0.4) is 0 Å². The van der Waals surface area contributed by atoms with Gasteiger partial charge in [-0.15, -0.1) is 0 Å². The number of benzene rings is 1. The Bertz CT molecular complexity index is 1260. The maximum atomic E-state index is 13.1. The molecule has 0 saturated carbocycles. The van der Waals surface area contributed by atoms with Crippen LogP contribution < -0.4 is 10.9 Å². The highest BCUT2D eigenvalue weighted by molar-refractivity contribution is 5.84. The molecule has 1 aromatic carbocycles. The van der Waals surface area contributed by atoms with Gasteiger partial charge in [-0.25, -0.2) is 9.36 Å². The fraction of sp³-hybridized carbons (Fsp3) is 0.227. The van der Waals surface area contributed by atoms with E-state index in [9.17, 15) is 9.59 Å². The Morgan fingerprint density at radius 2 is 1.80 bits per heavy atom. The molecule has 0 aliphatic heterocycles. The van der Waals surface area contributed by atoms with E-state index in [1.165, 1.54) is 4.68 Å². The number of nitrogens with zero attached hydrogens (tertiary/aromatic N) is 5. The minimum atomic E-state index is -0.786. The molecule has 0 saturated heterocycles. The maximum absolute atomic E-state index is 13.1. The molecular formula is C22H22N6O2. The van der Waals surface area contributed by atoms with Crippen molar-refractivity contribution in [3.05, 3.63) is 82.2 Å². The van der Waals surface area contributed by atoms with E-state index in [-0.39, 0.29) is 12.5 Å². The standard InChI is InChI=1S/C22H22N6O2/c1-14-19-15(2)27(18-10-5-4-6-11-18)26-20(19)22(30)28(25-14)16(3)21(29)24-13-17-9-7-8-12-23-17/h4-12,16H,13H2,1-3H3,(H,24,29). The summed E-state index contributed by atoms with van der Waals surface area (Å²) in [4.78, 5) is 30.0. The SMILES string of the molecule is Cc1nn(C(C)C(=O)NCc2ccccn2)c(=O)c2nn(-c3ccccc3)c(C)c12. The molecule has 0 spiro atoms. The van der Waals surface area contributed by atoms with E-state index in [1.807, 2.05) is 62.4 Å². The van der Waals surface area contributed by atoms with Crippen LogP contribution in [0.5, 0.6) is 0 Å². The zero-order valence-corrected chi connectivity index (χ0v) is 17.0. The highest BCUT2D eigenvalue weighted by Crippen LogP contribution is 2.21. The van der Waals surface area contributed by atoms with Crippen molar-refractivity contribution in [3.8, 4) is 5.69 Å². The number of rotatable bonds is 5. The summed E-state index contributed by atoms with van der Waals surface area (Å²) in [5.74, 6) is -0.312. The van der Waals surface area contributed by atoms with E-state index in [1.54, 1.807) is 17.8 Å². The summed E-state index contributed by atoms with van der Waals surface area (Å²) in [7, 11) is 0. The van der Waals surface area contributed by atoms with Crippen LogP contribution in [0.4, 0.5) is 0 Å². The van der Waals surface area contributed by atoms with Crippen LogP contribution in [0.2, 0.25) is 0 Å². The Labute approximate surface area is 173 Å². The molecule has 3 heterocycles. The van der Waals surface area contributed by atoms with Crippen LogP contribution in [-0.2, 0) is 11.3 Å². The van der Waals surface area contributed by atoms with Crippen LogP contribution in [0.25, 0.3) is 16.6 Å². The lowest BCUT2D eigenvalue weighted by molar-refractivity contribution is -0.124. The number of aromatic nitrogens is 5. The number of aryl methyl sites for hydroxylation is 2. The molecular weight excluding hydrogens is 380 g/mol. The molecule has 0 radical (unpaired) electrons. The lowest BCUT2D eigenvalue weighted by atomic mass is 10.2. The quantitative estimate of drug-likeness (QED) is 0.553. The Kier molecular flexibility index (Phi) is 5.14. The first-order valence-electron chi connectivity index (χ1n) is 9.69. The van der Waals surface area contributed by atoms with Gasteiger partial charge in [-0.05, 0) is 45.0 Å². The number of amides is 1. The molecule has 0 fully saturated rings. The van der Waals surface area contributed by atoms with Crippen molar-refractivity contribution in [2.24, 2.45) is 0 Å². The Morgan fingerprint density at radius 3 is 2.50 bits per heavy atom. The summed E-state index contributed by atoms with van der Waals surface area (Å²) in [5, 5.41) is 12.5. The van der Waals surface area contributed by atoms with Gasteiger partial charge in [0.1, 0.15) is 6.04 Å². The first kappa shape index (κ1) is 19.5. The molecule has 1 amide bonds. The van der Waals surface area contributed by atoms with Gasteiger partial charge in [-0.3, -0.25) is 14.6 Å². The van der Waals surface area contributed by atoms with Gasteiger partial charge in [0.2, 0.25) is 5.91 Å². The number of para-hydroxylation sites is 1. The minimum absolute atomic E-state index is 0.279. The summed E-state index contributed by atoms with van der Waals surface area (Å²) in [6.07, 6.45) is 1.67. The molecule has 1 unspecified atom stereocenters. The van der Waals surface area contributed by atoms with E-state index in [2.05, 4.69) is 20.5 Å². The molecule has 4 rings (SSSR count). The molecule has 1 N–H and O–H groups in total. The third-order valence-electron chi connectivity index (χ3n) is 5.06. The van der Waals surface area contributed by atoms with Crippen molar-refractivity contribution in [1.82, 2.24) is 29.9 Å². The van der Waals surface area contributed by atoms with Gasteiger partial charge in [0.25, 0.3) is 5.56 Å². The largest absolute Gasteiger partial charge is 0.349 e. The smallest absolute Gasteiger partial charge is 0.295 e. The van der Waals surface area contributed by atoms with E-state index < -0.39 is 11.6 Å². The first-order chi connectivity index (χ1) is 14.5. The van der Waals surface area contributed by atoms with Gasteiger partial charge < -0.3 is 5.32 Å². The first-order valence-corrected chi connectivity index (χ1v) is 9.69. The van der Waals surface area contributed by atoms with Crippen LogP contribution in [-0.4, -0.2) is 30.5 Å². The van der Waals surface area contributed by atoms with Crippen molar-refractivity contribution < 1.29 is 4.79 Å². The third-order valence-corrected chi connectivity index (χ3v) is 5.06. The molecule has 8 heteroatoms. The molecule has 1 atom stereocenters. The second-order valence-corrected chi connectivity index (χ2v) is 7.11. The second kappa shape index (κ2) is 7.90. The maximum Gasteiger partial charge on any atom is 0.295 e. The van der Waals surface area contributed by atoms with Crippen molar-refractivity contribution in [1.29, 1.82) is 0 Å². The monoisotopic (exact) mass is 402 g/mol. The lowest BCUT2D eigenvalue weighted by Crippen LogP contribution is -2.37. The van der Waals surface area contributed by atoms with Crippen LogP contribution in [0.15, 0.2) is 59.5 Å². The summed E-state index contributed by atoms with van der Waals surface area (Å²) in [6.45, 7) is 5.65. The van der Waals surface area contributed by atoms with Crippen molar-refractivity contribution >= 4 is 16.8 Å². The van der Waals surface area contributed by atoms with Gasteiger partial charge in [0.15, 0.2) is 5.52 Å². The molecule has 3 aromatic heterocycles. The van der Waals surface area contributed by atoms with Crippen molar-refractivity contribution in [2.75, 3.05) is 0 Å². The Balaban J connectivity index is 1.69. The zero-order valence-electron chi connectivity index (χ0n) is 17.0. The molecule has 0 aliphatic carbocycles. The Hall–Kier alpha value is -3.81. The second-order valence-electron chi connectivity index (χ2n) is 7.11. The summed E-state index contributed by atoms with van der Waals surface area (Å²) in [5.41, 5.74) is 2.98. The number of carbonyl (C=O) groups is 1. The average Bonchev–Trinajstić information content (AvgIpc) is 3.13. The zero-order chi connectivity index (χ0) is 21.3. The van der Waals surface area contributed by atoms with Gasteiger partial charge >= 0.3 is 0 Å². The molecule has 8 nitrogen and oxygen atoms in total. The van der Waals surface area contributed by atoms with Crippen molar-refractivity contribution in [2.45, 2.75) is 33.4 Å². The molecule has 4 aromatic rings. The number of hydrogen-bond acceptors (Lipinski definition) is 5. The van der Waals surface area contributed by atoms with Crippen molar-refractivity contribution in [3.63, 3.8) is 0 Å². The molecule has 0 bridgehead atoms. The molecule has 152 valence electrons. The van der Waals surface area contributed by atoms with Gasteiger partial charge in [-0.2, -0.15) is 10.2 Å².